The van der Waals surface area contributed by atoms with Gasteiger partial charge in [0, 0.05) is 11.6 Å². The topological polar surface area (TPSA) is 49.6 Å². The second kappa shape index (κ2) is 4.52. The Hall–Kier alpha value is -1.57. The molecule has 1 rings (SSSR count). The van der Waals surface area contributed by atoms with Crippen molar-refractivity contribution in [2.75, 3.05) is 0 Å². The maximum absolute atomic E-state index is 12.1. The minimum absolute atomic E-state index is 0.130. The number of alkyl halides is 2. The molecule has 0 spiro atoms. The molecular weight excluding hydrogens is 212 g/mol. The Balaban J connectivity index is 3.14. The number of nitrogens with zero attached hydrogens (tertiary/aromatic N) is 3. The van der Waals surface area contributed by atoms with Crippen LogP contribution in [-0.4, -0.2) is 16.4 Å². The van der Waals surface area contributed by atoms with Gasteiger partial charge >= 0.3 is 0 Å². The van der Waals surface area contributed by atoms with E-state index >= 15 is 0 Å². The van der Waals surface area contributed by atoms with Crippen molar-refractivity contribution in [1.82, 2.24) is 9.97 Å². The molecule has 0 bridgehead atoms. The van der Waals surface area contributed by atoms with Gasteiger partial charge in [0.2, 0.25) is 6.43 Å². The van der Waals surface area contributed by atoms with Gasteiger partial charge in [-0.3, -0.25) is 4.98 Å². The highest BCUT2D eigenvalue weighted by atomic mass is 19.3. The third-order valence-electron chi connectivity index (χ3n) is 2.00. The second-order valence-corrected chi connectivity index (χ2v) is 4.52. The van der Waals surface area contributed by atoms with Crippen molar-refractivity contribution in [3.8, 4) is 6.07 Å². The predicted molar refractivity (Wildman–Crippen MR) is 55.2 cm³/mol. The second-order valence-electron chi connectivity index (χ2n) is 4.52. The van der Waals surface area contributed by atoms with Crippen LogP contribution in [0.25, 0.3) is 0 Å². The number of aromatic nitrogens is 2. The molecule has 1 aromatic heterocycles. The van der Waals surface area contributed by atoms with Gasteiger partial charge in [-0.15, -0.1) is 0 Å². The zero-order valence-corrected chi connectivity index (χ0v) is 9.46. The molecule has 0 saturated carbocycles. The van der Waals surface area contributed by atoms with Crippen LogP contribution in [0, 0.1) is 11.3 Å². The monoisotopic (exact) mass is 225 g/mol. The summed E-state index contributed by atoms with van der Waals surface area (Å²) < 4.78 is 24.3. The van der Waals surface area contributed by atoms with E-state index < -0.39 is 12.8 Å². The maximum Gasteiger partial charge on any atom is 0.244 e. The average Bonchev–Trinajstić information content (AvgIpc) is 2.14. The van der Waals surface area contributed by atoms with Crippen molar-refractivity contribution >= 4 is 0 Å². The van der Waals surface area contributed by atoms with E-state index in [4.69, 9.17) is 5.26 Å². The fourth-order valence-electron chi connectivity index (χ4n) is 1.31. The van der Waals surface area contributed by atoms with Crippen LogP contribution in [0.2, 0.25) is 0 Å². The van der Waals surface area contributed by atoms with E-state index in [2.05, 4.69) is 9.97 Å². The largest absolute Gasteiger partial charge is 0.256 e. The molecule has 86 valence electrons. The van der Waals surface area contributed by atoms with Gasteiger partial charge in [-0.05, 0) is 0 Å². The molecular formula is C11H13F2N3. The Labute approximate surface area is 93.1 Å². The minimum Gasteiger partial charge on any atom is -0.256 e. The van der Waals surface area contributed by atoms with Crippen LogP contribution < -0.4 is 0 Å². The first-order valence-corrected chi connectivity index (χ1v) is 4.89. The lowest BCUT2D eigenvalue weighted by molar-refractivity contribution is 0.147. The third kappa shape index (κ3) is 2.96. The van der Waals surface area contributed by atoms with Gasteiger partial charge < -0.3 is 0 Å². The van der Waals surface area contributed by atoms with Crippen LogP contribution in [0.4, 0.5) is 8.78 Å². The van der Waals surface area contributed by atoms with E-state index in [-0.39, 0.29) is 16.8 Å². The van der Waals surface area contributed by atoms with Gasteiger partial charge in [0.25, 0.3) is 0 Å². The molecule has 16 heavy (non-hydrogen) atoms. The van der Waals surface area contributed by atoms with E-state index in [1.807, 2.05) is 26.8 Å². The molecule has 0 saturated heterocycles. The van der Waals surface area contributed by atoms with Crippen LogP contribution in [-0.2, 0) is 11.8 Å². The third-order valence-corrected chi connectivity index (χ3v) is 2.00. The lowest BCUT2D eigenvalue weighted by Gasteiger charge is -2.18. The van der Waals surface area contributed by atoms with Crippen LogP contribution in [0.5, 0.6) is 0 Å². The zero-order chi connectivity index (χ0) is 12.3. The van der Waals surface area contributed by atoms with E-state index in [0.29, 0.717) is 5.69 Å². The molecule has 0 aliphatic heterocycles. The fourth-order valence-corrected chi connectivity index (χ4v) is 1.31. The van der Waals surface area contributed by atoms with Gasteiger partial charge in [-0.2, -0.15) is 5.26 Å². The SMILES string of the molecule is CC(C)(C)c1ncc(CC(F)F)nc1C#N. The molecule has 0 aliphatic rings. The molecule has 0 amide bonds. The lowest BCUT2D eigenvalue weighted by atomic mass is 9.90. The zero-order valence-electron chi connectivity index (χ0n) is 9.46. The van der Waals surface area contributed by atoms with Crippen LogP contribution >= 0.6 is 0 Å². The molecule has 0 aliphatic carbocycles. The van der Waals surface area contributed by atoms with Crippen molar-refractivity contribution in [1.29, 1.82) is 5.26 Å². The molecule has 1 heterocycles. The summed E-state index contributed by atoms with van der Waals surface area (Å²) in [4.78, 5) is 7.95. The lowest BCUT2D eigenvalue weighted by Crippen LogP contribution is -2.18. The van der Waals surface area contributed by atoms with E-state index in [1.54, 1.807) is 0 Å². The van der Waals surface area contributed by atoms with Crippen LogP contribution in [0.1, 0.15) is 37.9 Å². The number of hydrogen-bond donors (Lipinski definition) is 0. The standard InChI is InChI=1S/C11H13F2N3/c1-11(2,3)10-8(5-14)16-7(6-15-10)4-9(12)13/h6,9H,4H2,1-3H3. The Morgan fingerprint density at radius 3 is 2.50 bits per heavy atom. The van der Waals surface area contributed by atoms with E-state index in [9.17, 15) is 8.78 Å². The summed E-state index contributed by atoms with van der Waals surface area (Å²) in [6, 6.07) is 1.90. The number of halogens is 2. The first kappa shape index (κ1) is 12.5. The van der Waals surface area contributed by atoms with Crippen molar-refractivity contribution in [2.24, 2.45) is 0 Å². The normalized spacial score (nSPS) is 11.6. The van der Waals surface area contributed by atoms with Crippen molar-refractivity contribution < 1.29 is 8.78 Å². The Morgan fingerprint density at radius 2 is 2.06 bits per heavy atom. The summed E-state index contributed by atoms with van der Waals surface area (Å²) >= 11 is 0. The predicted octanol–water partition coefficient (Wildman–Crippen LogP) is 2.45. The minimum atomic E-state index is -2.47. The first-order valence-electron chi connectivity index (χ1n) is 4.89. The van der Waals surface area contributed by atoms with Crippen molar-refractivity contribution in [2.45, 2.75) is 39.0 Å². The van der Waals surface area contributed by atoms with E-state index in [1.165, 1.54) is 6.20 Å². The summed E-state index contributed by atoms with van der Waals surface area (Å²) in [5.74, 6) is 0. The van der Waals surface area contributed by atoms with Crippen LogP contribution in [0.3, 0.4) is 0 Å². The number of hydrogen-bond acceptors (Lipinski definition) is 3. The van der Waals surface area contributed by atoms with Crippen LogP contribution in [0.15, 0.2) is 6.20 Å². The van der Waals surface area contributed by atoms with Gasteiger partial charge in [0.1, 0.15) is 6.07 Å². The summed E-state index contributed by atoms with van der Waals surface area (Å²) in [6.45, 7) is 5.68. The van der Waals surface area contributed by atoms with Gasteiger partial charge in [0.15, 0.2) is 5.69 Å². The highest BCUT2D eigenvalue weighted by Gasteiger charge is 2.21. The number of rotatable bonds is 2. The molecule has 0 fully saturated rings. The highest BCUT2D eigenvalue weighted by molar-refractivity contribution is 5.31. The molecule has 0 atom stereocenters. The average molecular weight is 225 g/mol. The Kier molecular flexibility index (Phi) is 3.53. The highest BCUT2D eigenvalue weighted by Crippen LogP contribution is 2.22. The van der Waals surface area contributed by atoms with E-state index in [0.717, 1.165) is 0 Å². The van der Waals surface area contributed by atoms with Gasteiger partial charge in [-0.25, -0.2) is 13.8 Å². The quantitative estimate of drug-likeness (QED) is 0.776. The molecule has 3 nitrogen and oxygen atoms in total. The fraction of sp³-hybridized carbons (Fsp3) is 0.545. The Morgan fingerprint density at radius 1 is 1.44 bits per heavy atom. The van der Waals surface area contributed by atoms with Crippen molar-refractivity contribution in [3.05, 3.63) is 23.3 Å². The summed E-state index contributed by atoms with van der Waals surface area (Å²) in [7, 11) is 0. The molecule has 5 heteroatoms. The molecule has 0 unspecified atom stereocenters. The van der Waals surface area contributed by atoms with Gasteiger partial charge in [-0.1, -0.05) is 20.8 Å². The van der Waals surface area contributed by atoms with Crippen molar-refractivity contribution in [3.63, 3.8) is 0 Å². The summed E-state index contributed by atoms with van der Waals surface area (Å²) in [5, 5.41) is 8.90. The Bertz CT molecular complexity index is 416. The first-order chi connectivity index (χ1) is 7.34. The smallest absolute Gasteiger partial charge is 0.244 e. The molecule has 1 aromatic rings. The summed E-state index contributed by atoms with van der Waals surface area (Å²) in [5.41, 5.74) is 0.500. The maximum atomic E-state index is 12.1. The molecule has 0 radical (unpaired) electrons. The summed E-state index contributed by atoms with van der Waals surface area (Å²) in [6.07, 6.45) is -1.62. The van der Waals surface area contributed by atoms with Gasteiger partial charge in [0.05, 0.1) is 17.8 Å². The molecule has 0 aromatic carbocycles. The number of nitriles is 1. The molecule has 0 N–H and O–H groups in total.